The lowest BCUT2D eigenvalue weighted by Gasteiger charge is -2.35. The molecule has 1 amide bonds. The Morgan fingerprint density at radius 3 is 2.36 bits per heavy atom. The Labute approximate surface area is 149 Å². The van der Waals surface area contributed by atoms with Crippen molar-refractivity contribution in [3.8, 4) is 0 Å². The van der Waals surface area contributed by atoms with Gasteiger partial charge in [0.25, 0.3) is 0 Å². The molecule has 1 heterocycles. The maximum absolute atomic E-state index is 12.3. The Kier molecular flexibility index (Phi) is 6.95. The molecule has 7 nitrogen and oxygen atoms in total. The monoisotopic (exact) mass is 369 g/mol. The molecule has 1 fully saturated rings. The van der Waals surface area contributed by atoms with Crippen LogP contribution in [0.3, 0.4) is 0 Å². The molecule has 2 atom stereocenters. The van der Waals surface area contributed by atoms with Crippen molar-refractivity contribution in [2.24, 2.45) is 0 Å². The average molecular weight is 369 g/mol. The van der Waals surface area contributed by atoms with Gasteiger partial charge in [0.2, 0.25) is 15.9 Å². The van der Waals surface area contributed by atoms with Crippen LogP contribution >= 0.6 is 0 Å². The third kappa shape index (κ3) is 6.39. The highest BCUT2D eigenvalue weighted by molar-refractivity contribution is 7.89. The van der Waals surface area contributed by atoms with E-state index < -0.39 is 10.0 Å². The summed E-state index contributed by atoms with van der Waals surface area (Å²) in [5.74, 6) is -0.194. The number of nitrogens with one attached hydrogen (secondary N) is 2. The second-order valence-corrected chi connectivity index (χ2v) is 8.24. The van der Waals surface area contributed by atoms with E-state index in [1.54, 1.807) is 12.1 Å². The number of amides is 1. The molecular formula is C17H27N3O4S. The van der Waals surface area contributed by atoms with Crippen LogP contribution in [0.5, 0.6) is 0 Å². The van der Waals surface area contributed by atoms with Gasteiger partial charge in [-0.1, -0.05) is 0 Å². The first-order valence-corrected chi connectivity index (χ1v) is 10.00. The molecule has 1 aliphatic heterocycles. The minimum absolute atomic E-state index is 0.190. The minimum atomic E-state index is -3.54. The molecule has 2 N–H and O–H groups in total. The second kappa shape index (κ2) is 8.75. The van der Waals surface area contributed by atoms with E-state index in [-0.39, 0.29) is 23.0 Å². The first-order valence-electron chi connectivity index (χ1n) is 8.51. The van der Waals surface area contributed by atoms with Crippen molar-refractivity contribution in [1.29, 1.82) is 0 Å². The molecule has 2 unspecified atom stereocenters. The van der Waals surface area contributed by atoms with Crippen LogP contribution in [0.1, 0.15) is 27.2 Å². The van der Waals surface area contributed by atoms with Crippen molar-refractivity contribution < 1.29 is 17.9 Å². The Morgan fingerprint density at radius 2 is 1.80 bits per heavy atom. The molecule has 2 rings (SSSR count). The molecule has 0 saturated carbocycles. The van der Waals surface area contributed by atoms with Crippen LogP contribution in [0, 0.1) is 0 Å². The van der Waals surface area contributed by atoms with Crippen LogP contribution in [-0.4, -0.2) is 57.6 Å². The summed E-state index contributed by atoms with van der Waals surface area (Å²) >= 11 is 0. The first-order chi connectivity index (χ1) is 11.8. The molecule has 1 aliphatic rings. The number of nitrogens with zero attached hydrogens (tertiary/aromatic N) is 1. The van der Waals surface area contributed by atoms with Crippen molar-refractivity contribution in [3.05, 3.63) is 24.3 Å². The molecule has 0 spiro atoms. The summed E-state index contributed by atoms with van der Waals surface area (Å²) in [4.78, 5) is 13.5. The van der Waals surface area contributed by atoms with E-state index in [1.165, 1.54) is 19.1 Å². The lowest BCUT2D eigenvalue weighted by molar-refractivity contribution is -0.114. The number of morpholine rings is 1. The highest BCUT2D eigenvalue weighted by atomic mass is 32.2. The van der Waals surface area contributed by atoms with Gasteiger partial charge >= 0.3 is 0 Å². The molecule has 140 valence electrons. The van der Waals surface area contributed by atoms with E-state index in [9.17, 15) is 13.2 Å². The van der Waals surface area contributed by atoms with E-state index in [0.29, 0.717) is 12.2 Å². The normalized spacial score (nSPS) is 21.9. The fraction of sp³-hybridized carbons (Fsp3) is 0.588. The maximum Gasteiger partial charge on any atom is 0.240 e. The van der Waals surface area contributed by atoms with Crippen LogP contribution in [0.4, 0.5) is 5.69 Å². The molecule has 0 radical (unpaired) electrons. The van der Waals surface area contributed by atoms with Gasteiger partial charge in [0, 0.05) is 32.2 Å². The van der Waals surface area contributed by atoms with Gasteiger partial charge in [0.1, 0.15) is 0 Å². The van der Waals surface area contributed by atoms with Gasteiger partial charge in [0.15, 0.2) is 0 Å². The Balaban J connectivity index is 1.80. The van der Waals surface area contributed by atoms with E-state index in [1.807, 2.05) is 0 Å². The van der Waals surface area contributed by atoms with Crippen molar-refractivity contribution in [1.82, 2.24) is 9.62 Å². The zero-order chi connectivity index (χ0) is 18.4. The summed E-state index contributed by atoms with van der Waals surface area (Å²) in [7, 11) is -3.54. The van der Waals surface area contributed by atoms with E-state index >= 15 is 0 Å². The summed E-state index contributed by atoms with van der Waals surface area (Å²) in [5.41, 5.74) is 0.571. The lowest BCUT2D eigenvalue weighted by atomic mass is 10.2. The zero-order valence-corrected chi connectivity index (χ0v) is 15.8. The lowest BCUT2D eigenvalue weighted by Crippen LogP contribution is -2.46. The number of hydrogen-bond acceptors (Lipinski definition) is 5. The average Bonchev–Trinajstić information content (AvgIpc) is 2.51. The molecule has 1 aromatic rings. The first kappa shape index (κ1) is 19.8. The van der Waals surface area contributed by atoms with Gasteiger partial charge in [-0.3, -0.25) is 9.69 Å². The summed E-state index contributed by atoms with van der Waals surface area (Å²) in [6.07, 6.45) is 1.16. The summed E-state index contributed by atoms with van der Waals surface area (Å²) in [5, 5.41) is 2.61. The summed E-state index contributed by atoms with van der Waals surface area (Å²) in [6, 6.07) is 6.12. The summed E-state index contributed by atoms with van der Waals surface area (Å²) in [6.45, 7) is 8.48. The molecule has 0 aliphatic carbocycles. The van der Waals surface area contributed by atoms with Crippen molar-refractivity contribution >= 4 is 21.6 Å². The number of ether oxygens (including phenoxy) is 1. The fourth-order valence-corrected chi connectivity index (χ4v) is 4.05. The Bertz CT molecular complexity index is 666. The number of rotatable bonds is 7. The number of hydrogen-bond donors (Lipinski definition) is 2. The van der Waals surface area contributed by atoms with E-state index in [0.717, 1.165) is 26.1 Å². The number of carbonyl (C=O) groups is 1. The largest absolute Gasteiger partial charge is 0.373 e. The second-order valence-electron chi connectivity index (χ2n) is 6.47. The summed E-state index contributed by atoms with van der Waals surface area (Å²) < 4.78 is 32.9. The molecule has 25 heavy (non-hydrogen) atoms. The predicted molar refractivity (Wildman–Crippen MR) is 97.0 cm³/mol. The SMILES string of the molecule is CC(=O)Nc1ccc(S(=O)(=O)NCCCN2CC(C)OC(C)C2)cc1. The van der Waals surface area contributed by atoms with Gasteiger partial charge in [-0.25, -0.2) is 13.1 Å². The molecule has 1 aromatic carbocycles. The highest BCUT2D eigenvalue weighted by Crippen LogP contribution is 2.14. The Hall–Kier alpha value is -1.48. The number of sulfonamides is 1. The standard InChI is InChI=1S/C17H27N3O4S/c1-13-11-20(12-14(2)24-13)10-4-9-18-25(22,23)17-7-5-16(6-8-17)19-15(3)21/h5-8,13-14,18H,4,9-12H2,1-3H3,(H,19,21). The minimum Gasteiger partial charge on any atom is -0.373 e. The van der Waals surface area contributed by atoms with Crippen LogP contribution in [0.15, 0.2) is 29.2 Å². The number of benzene rings is 1. The molecule has 0 bridgehead atoms. The topological polar surface area (TPSA) is 87.7 Å². The number of carbonyl (C=O) groups excluding carboxylic acids is 1. The smallest absolute Gasteiger partial charge is 0.240 e. The Morgan fingerprint density at radius 1 is 1.20 bits per heavy atom. The zero-order valence-electron chi connectivity index (χ0n) is 15.0. The van der Waals surface area contributed by atoms with Gasteiger partial charge in [0.05, 0.1) is 17.1 Å². The highest BCUT2D eigenvalue weighted by Gasteiger charge is 2.21. The van der Waals surface area contributed by atoms with E-state index in [2.05, 4.69) is 28.8 Å². The van der Waals surface area contributed by atoms with E-state index in [4.69, 9.17) is 4.74 Å². The van der Waals surface area contributed by atoms with Crippen LogP contribution in [0.2, 0.25) is 0 Å². The molecule has 8 heteroatoms. The molecule has 1 saturated heterocycles. The quantitative estimate of drug-likeness (QED) is 0.710. The molecular weight excluding hydrogens is 342 g/mol. The van der Waals surface area contributed by atoms with Crippen LogP contribution in [-0.2, 0) is 19.6 Å². The third-order valence-electron chi connectivity index (χ3n) is 3.92. The van der Waals surface area contributed by atoms with Crippen molar-refractivity contribution in [3.63, 3.8) is 0 Å². The fourth-order valence-electron chi connectivity index (χ4n) is 2.98. The van der Waals surface area contributed by atoms with Crippen molar-refractivity contribution in [2.45, 2.75) is 44.3 Å². The van der Waals surface area contributed by atoms with Gasteiger partial charge in [-0.2, -0.15) is 0 Å². The van der Waals surface area contributed by atoms with Crippen LogP contribution < -0.4 is 10.0 Å². The molecule has 0 aromatic heterocycles. The number of anilines is 1. The van der Waals surface area contributed by atoms with Gasteiger partial charge in [-0.05, 0) is 51.1 Å². The van der Waals surface area contributed by atoms with Gasteiger partial charge in [-0.15, -0.1) is 0 Å². The predicted octanol–water partition coefficient (Wildman–Crippen LogP) is 1.42. The van der Waals surface area contributed by atoms with Gasteiger partial charge < -0.3 is 10.1 Å². The third-order valence-corrected chi connectivity index (χ3v) is 5.40. The van der Waals surface area contributed by atoms with Crippen molar-refractivity contribution in [2.75, 3.05) is 31.5 Å². The maximum atomic E-state index is 12.3. The van der Waals surface area contributed by atoms with Crippen LogP contribution in [0.25, 0.3) is 0 Å².